The van der Waals surface area contributed by atoms with Gasteiger partial charge in [-0.2, -0.15) is 5.26 Å². The molecule has 0 bridgehead atoms. The number of pyridine rings is 1. The van der Waals surface area contributed by atoms with Crippen molar-refractivity contribution >= 4 is 17.4 Å². The van der Waals surface area contributed by atoms with Crippen LogP contribution in [0.25, 0.3) is 0 Å². The largest absolute Gasteiger partial charge is 0.396 e. The summed E-state index contributed by atoms with van der Waals surface area (Å²) in [7, 11) is 0. The second-order valence-corrected chi connectivity index (χ2v) is 4.57. The van der Waals surface area contributed by atoms with Gasteiger partial charge in [-0.1, -0.05) is 11.6 Å². The highest BCUT2D eigenvalue weighted by Gasteiger charge is 2.41. The highest BCUT2D eigenvalue weighted by molar-refractivity contribution is 6.29. The van der Waals surface area contributed by atoms with Crippen molar-refractivity contribution in [2.24, 2.45) is 5.41 Å². The van der Waals surface area contributed by atoms with Crippen LogP contribution in [0, 0.1) is 16.7 Å². The minimum Gasteiger partial charge on any atom is -0.396 e. The lowest BCUT2D eigenvalue weighted by Gasteiger charge is -2.13. The molecule has 5 heteroatoms. The number of aliphatic hydroxyl groups excluding tert-OH is 1. The third-order valence-electron chi connectivity index (χ3n) is 2.86. The number of aliphatic hydroxyl groups is 1. The van der Waals surface area contributed by atoms with Gasteiger partial charge in [-0.25, -0.2) is 4.98 Å². The fraction of sp³-hybridized carbons (Fsp3) is 0.455. The molecule has 1 aliphatic carbocycles. The van der Waals surface area contributed by atoms with E-state index in [2.05, 4.69) is 10.3 Å². The molecule has 0 unspecified atom stereocenters. The monoisotopic (exact) mass is 237 g/mol. The number of nitrogens with zero attached hydrogens (tertiary/aromatic N) is 2. The number of halogens is 1. The molecule has 16 heavy (non-hydrogen) atoms. The van der Waals surface area contributed by atoms with Crippen LogP contribution in [-0.2, 0) is 0 Å². The van der Waals surface area contributed by atoms with Crippen molar-refractivity contribution in [3.8, 4) is 6.07 Å². The molecule has 2 N–H and O–H groups in total. The van der Waals surface area contributed by atoms with Gasteiger partial charge in [-0.3, -0.25) is 0 Å². The Bertz CT molecular complexity index is 437. The molecule has 0 aromatic carbocycles. The van der Waals surface area contributed by atoms with E-state index >= 15 is 0 Å². The van der Waals surface area contributed by atoms with E-state index in [1.807, 2.05) is 6.07 Å². The van der Waals surface area contributed by atoms with Crippen LogP contribution in [0.5, 0.6) is 0 Å². The number of nitrogens with one attached hydrogen (secondary N) is 1. The summed E-state index contributed by atoms with van der Waals surface area (Å²) in [6.45, 7) is 0.855. The van der Waals surface area contributed by atoms with E-state index in [1.54, 1.807) is 6.07 Å². The Morgan fingerprint density at radius 2 is 2.31 bits per heavy atom. The zero-order valence-electron chi connectivity index (χ0n) is 8.70. The minimum absolute atomic E-state index is 0.0107. The van der Waals surface area contributed by atoms with Gasteiger partial charge in [0.05, 0.1) is 18.2 Å². The quantitative estimate of drug-likeness (QED) is 0.784. The highest BCUT2D eigenvalue weighted by atomic mass is 35.5. The standard InChI is InChI=1S/C11H12ClN3O/c12-9-3-8(5-13)4-10(15-9)14-6-11(7-16)1-2-11/h3-4,16H,1-2,6-7H2,(H,14,15). The van der Waals surface area contributed by atoms with Gasteiger partial charge in [0.2, 0.25) is 0 Å². The summed E-state index contributed by atoms with van der Waals surface area (Å²) in [6, 6.07) is 5.19. The molecule has 84 valence electrons. The first-order chi connectivity index (χ1) is 7.67. The first-order valence-electron chi connectivity index (χ1n) is 5.10. The van der Waals surface area contributed by atoms with Gasteiger partial charge in [-0.15, -0.1) is 0 Å². The van der Waals surface area contributed by atoms with Crippen molar-refractivity contribution in [2.75, 3.05) is 18.5 Å². The number of aromatic nitrogens is 1. The molecule has 1 saturated carbocycles. The summed E-state index contributed by atoms with van der Waals surface area (Å²) in [5, 5.41) is 21.3. The van der Waals surface area contributed by atoms with E-state index in [-0.39, 0.29) is 12.0 Å². The van der Waals surface area contributed by atoms with Crippen molar-refractivity contribution < 1.29 is 5.11 Å². The Morgan fingerprint density at radius 3 is 2.88 bits per heavy atom. The predicted molar refractivity (Wildman–Crippen MR) is 61.2 cm³/mol. The molecule has 2 rings (SSSR count). The van der Waals surface area contributed by atoms with Crippen molar-refractivity contribution in [2.45, 2.75) is 12.8 Å². The molecule has 0 spiro atoms. The zero-order valence-corrected chi connectivity index (χ0v) is 9.46. The lowest BCUT2D eigenvalue weighted by molar-refractivity contribution is 0.219. The molecular formula is C11H12ClN3O. The molecule has 1 fully saturated rings. The molecule has 4 nitrogen and oxygen atoms in total. The molecular weight excluding hydrogens is 226 g/mol. The smallest absolute Gasteiger partial charge is 0.132 e. The highest BCUT2D eigenvalue weighted by Crippen LogP contribution is 2.44. The molecule has 1 aromatic heterocycles. The van der Waals surface area contributed by atoms with Gasteiger partial charge in [0.1, 0.15) is 11.0 Å². The van der Waals surface area contributed by atoms with Crippen LogP contribution in [-0.4, -0.2) is 23.2 Å². The SMILES string of the molecule is N#Cc1cc(Cl)nc(NCC2(CO)CC2)c1. The van der Waals surface area contributed by atoms with Crippen LogP contribution in [0.3, 0.4) is 0 Å². The second kappa shape index (κ2) is 4.28. The van der Waals surface area contributed by atoms with Crippen molar-refractivity contribution in [1.82, 2.24) is 4.98 Å². The van der Waals surface area contributed by atoms with Crippen LogP contribution in [0.4, 0.5) is 5.82 Å². The van der Waals surface area contributed by atoms with Gasteiger partial charge in [0, 0.05) is 12.0 Å². The number of hydrogen-bond donors (Lipinski definition) is 2. The van der Waals surface area contributed by atoms with E-state index < -0.39 is 0 Å². The van der Waals surface area contributed by atoms with E-state index in [0.717, 1.165) is 12.8 Å². The Labute approximate surface area is 98.9 Å². The topological polar surface area (TPSA) is 68.9 Å². The predicted octanol–water partition coefficient (Wildman–Crippen LogP) is 1.79. The van der Waals surface area contributed by atoms with E-state index in [0.29, 0.717) is 23.1 Å². The Hall–Kier alpha value is -1.31. The van der Waals surface area contributed by atoms with Crippen LogP contribution in [0.15, 0.2) is 12.1 Å². The average Bonchev–Trinajstić information content (AvgIpc) is 3.06. The first-order valence-corrected chi connectivity index (χ1v) is 5.48. The molecule has 0 radical (unpaired) electrons. The molecule has 0 amide bonds. The second-order valence-electron chi connectivity index (χ2n) is 4.19. The van der Waals surface area contributed by atoms with E-state index in [1.165, 1.54) is 6.07 Å². The maximum Gasteiger partial charge on any atom is 0.132 e. The van der Waals surface area contributed by atoms with Gasteiger partial charge >= 0.3 is 0 Å². The Morgan fingerprint density at radius 1 is 1.56 bits per heavy atom. The van der Waals surface area contributed by atoms with Gasteiger partial charge < -0.3 is 10.4 Å². The summed E-state index contributed by atoms with van der Waals surface area (Å²) in [4.78, 5) is 4.07. The summed E-state index contributed by atoms with van der Waals surface area (Å²) in [5.41, 5.74) is 0.493. The third kappa shape index (κ3) is 2.43. The maximum atomic E-state index is 9.15. The van der Waals surface area contributed by atoms with E-state index in [9.17, 15) is 0 Å². The van der Waals surface area contributed by atoms with Crippen LogP contribution in [0.2, 0.25) is 5.15 Å². The summed E-state index contributed by atoms with van der Waals surface area (Å²) < 4.78 is 0. The number of hydrogen-bond acceptors (Lipinski definition) is 4. The van der Waals surface area contributed by atoms with Crippen molar-refractivity contribution in [1.29, 1.82) is 5.26 Å². The zero-order chi connectivity index (χ0) is 11.6. The fourth-order valence-corrected chi connectivity index (χ4v) is 1.71. The number of rotatable bonds is 4. The molecule has 1 aliphatic rings. The molecule has 0 saturated heterocycles. The Kier molecular flexibility index (Phi) is 2.99. The maximum absolute atomic E-state index is 9.15. The lowest BCUT2D eigenvalue weighted by Crippen LogP contribution is -2.19. The van der Waals surface area contributed by atoms with Crippen LogP contribution < -0.4 is 5.32 Å². The summed E-state index contributed by atoms with van der Waals surface area (Å²) in [6.07, 6.45) is 2.06. The Balaban J connectivity index is 2.04. The number of nitriles is 1. The van der Waals surface area contributed by atoms with Gasteiger partial charge in [0.25, 0.3) is 0 Å². The summed E-state index contributed by atoms with van der Waals surface area (Å²) >= 11 is 5.78. The molecule has 1 heterocycles. The van der Waals surface area contributed by atoms with Crippen molar-refractivity contribution in [3.63, 3.8) is 0 Å². The molecule has 0 atom stereocenters. The molecule has 1 aromatic rings. The van der Waals surface area contributed by atoms with Gasteiger partial charge in [-0.05, 0) is 25.0 Å². The van der Waals surface area contributed by atoms with E-state index in [4.69, 9.17) is 22.0 Å². The van der Waals surface area contributed by atoms with Crippen LogP contribution >= 0.6 is 11.6 Å². The average molecular weight is 238 g/mol. The lowest BCUT2D eigenvalue weighted by atomic mass is 10.1. The normalized spacial score (nSPS) is 16.6. The van der Waals surface area contributed by atoms with Crippen LogP contribution in [0.1, 0.15) is 18.4 Å². The first kappa shape index (κ1) is 11.2. The minimum atomic E-state index is 0.0107. The third-order valence-corrected chi connectivity index (χ3v) is 3.05. The number of anilines is 1. The molecule has 0 aliphatic heterocycles. The summed E-state index contributed by atoms with van der Waals surface area (Å²) in [5.74, 6) is 0.587. The fourth-order valence-electron chi connectivity index (χ4n) is 1.50. The van der Waals surface area contributed by atoms with Gasteiger partial charge in [0.15, 0.2) is 0 Å². The van der Waals surface area contributed by atoms with Crippen molar-refractivity contribution in [3.05, 3.63) is 22.8 Å².